The van der Waals surface area contributed by atoms with Gasteiger partial charge in [-0.25, -0.2) is 19.2 Å². The number of carbonyl (C=O) groups is 3. The number of hydrogen-bond acceptors (Lipinski definition) is 7. The molecule has 1 amide bonds. The second kappa shape index (κ2) is 9.29. The van der Waals surface area contributed by atoms with E-state index in [1.807, 2.05) is 0 Å². The van der Waals surface area contributed by atoms with Crippen LogP contribution in [0.5, 0.6) is 5.88 Å². The van der Waals surface area contributed by atoms with Gasteiger partial charge in [-0.3, -0.25) is 9.59 Å². The van der Waals surface area contributed by atoms with E-state index < -0.39 is 36.1 Å². The molecule has 1 aromatic rings. The number of nitrogens with zero attached hydrogens (tertiary/aromatic N) is 3. The van der Waals surface area contributed by atoms with Crippen LogP contribution in [0.1, 0.15) is 28.8 Å². The molecular formula is C20H20FN5O6. The predicted molar refractivity (Wildman–Crippen MR) is 109 cm³/mol. The van der Waals surface area contributed by atoms with Crippen LogP contribution < -0.4 is 11.1 Å². The van der Waals surface area contributed by atoms with Gasteiger partial charge in [0.05, 0.1) is 17.5 Å². The zero-order chi connectivity index (χ0) is 23.4. The Morgan fingerprint density at radius 2 is 1.97 bits per heavy atom. The summed E-state index contributed by atoms with van der Waals surface area (Å²) in [5, 5.41) is 30.3. The summed E-state index contributed by atoms with van der Waals surface area (Å²) in [5.74, 6) is -4.01. The highest BCUT2D eigenvalue weighted by Crippen LogP contribution is 2.30. The second-order valence-electron chi connectivity index (χ2n) is 7.04. The summed E-state index contributed by atoms with van der Waals surface area (Å²) in [7, 11) is 0. The Hall–Kier alpha value is -4.22. The molecule has 32 heavy (non-hydrogen) atoms. The number of rotatable bonds is 9. The number of fused-ring (bicyclic) bond motifs is 1. The number of nitrogens with one attached hydrogen (secondary N) is 1. The number of hydrogen-bond donors (Lipinski definition) is 5. The maximum atomic E-state index is 14.5. The zero-order valence-corrected chi connectivity index (χ0v) is 16.7. The lowest BCUT2D eigenvalue weighted by molar-refractivity contribution is -0.140. The van der Waals surface area contributed by atoms with Crippen LogP contribution in [-0.2, 0) is 22.6 Å². The summed E-state index contributed by atoms with van der Waals surface area (Å²) in [5.41, 5.74) is 6.14. The van der Waals surface area contributed by atoms with Crippen molar-refractivity contribution in [3.8, 4) is 17.3 Å². The van der Waals surface area contributed by atoms with E-state index in [1.54, 1.807) is 0 Å². The number of aromatic hydroxyl groups is 1. The van der Waals surface area contributed by atoms with Gasteiger partial charge < -0.3 is 30.9 Å². The molecule has 2 heterocycles. The monoisotopic (exact) mass is 445 g/mol. The van der Waals surface area contributed by atoms with E-state index in [0.29, 0.717) is 23.4 Å². The van der Waals surface area contributed by atoms with Gasteiger partial charge in [-0.2, -0.15) is 0 Å². The number of anilines is 1. The number of amides is 1. The molecule has 0 fully saturated rings. The van der Waals surface area contributed by atoms with E-state index in [1.165, 1.54) is 29.1 Å². The fraction of sp³-hybridized carbons (Fsp3) is 0.250. The van der Waals surface area contributed by atoms with Crippen LogP contribution >= 0.6 is 0 Å². The van der Waals surface area contributed by atoms with E-state index in [4.69, 9.17) is 15.9 Å². The molecule has 0 unspecified atom stereocenters. The number of carboxylic acids is 2. The van der Waals surface area contributed by atoms with Gasteiger partial charge in [-0.05, 0) is 36.6 Å². The third-order valence-electron chi connectivity index (χ3n) is 4.77. The third-order valence-corrected chi connectivity index (χ3v) is 4.77. The number of nitrogens with two attached hydrogens (primary N) is 1. The maximum Gasteiger partial charge on any atom is 0.326 e. The van der Waals surface area contributed by atoms with Crippen molar-refractivity contribution in [1.29, 1.82) is 0 Å². The van der Waals surface area contributed by atoms with Crippen molar-refractivity contribution in [2.75, 3.05) is 5.73 Å². The average Bonchev–Trinajstić information content (AvgIpc) is 3.11. The number of aryl methyl sites for hydroxylation is 2. The third kappa shape index (κ3) is 5.09. The van der Waals surface area contributed by atoms with Crippen molar-refractivity contribution >= 4 is 23.7 Å². The molecule has 0 aromatic heterocycles. The van der Waals surface area contributed by atoms with Crippen LogP contribution in [0.15, 0.2) is 30.6 Å². The molecule has 3 rings (SSSR count). The van der Waals surface area contributed by atoms with Crippen LogP contribution in [0.25, 0.3) is 11.4 Å². The van der Waals surface area contributed by atoms with Crippen molar-refractivity contribution in [2.24, 2.45) is 0 Å². The van der Waals surface area contributed by atoms with Gasteiger partial charge in [0.1, 0.15) is 17.7 Å². The summed E-state index contributed by atoms with van der Waals surface area (Å²) in [6.45, 7) is 0.251. The fourth-order valence-electron chi connectivity index (χ4n) is 3.10. The number of halogens is 1. The van der Waals surface area contributed by atoms with Crippen molar-refractivity contribution in [3.63, 3.8) is 0 Å². The van der Waals surface area contributed by atoms with Crippen LogP contribution in [0.3, 0.4) is 0 Å². The van der Waals surface area contributed by atoms with Crippen molar-refractivity contribution in [1.82, 2.24) is 19.9 Å². The molecule has 0 saturated heterocycles. The lowest BCUT2D eigenvalue weighted by Crippen LogP contribution is -2.41. The molecule has 168 valence electrons. The molecule has 12 heteroatoms. The summed E-state index contributed by atoms with van der Waals surface area (Å²) >= 11 is 0. The van der Waals surface area contributed by atoms with Crippen molar-refractivity contribution in [3.05, 3.63) is 47.5 Å². The van der Waals surface area contributed by atoms with Gasteiger partial charge in [-0.15, -0.1) is 0 Å². The van der Waals surface area contributed by atoms with Crippen LogP contribution in [0, 0.1) is 5.82 Å². The first-order chi connectivity index (χ1) is 15.2. The van der Waals surface area contributed by atoms with Gasteiger partial charge >= 0.3 is 11.9 Å². The van der Waals surface area contributed by atoms with E-state index in [-0.39, 0.29) is 30.2 Å². The van der Waals surface area contributed by atoms with E-state index in [0.717, 1.165) is 6.07 Å². The molecule has 1 aromatic carbocycles. The second-order valence-corrected chi connectivity index (χ2v) is 7.04. The van der Waals surface area contributed by atoms with Crippen molar-refractivity contribution in [2.45, 2.75) is 31.8 Å². The Morgan fingerprint density at radius 3 is 2.62 bits per heavy atom. The number of benzene rings is 1. The van der Waals surface area contributed by atoms with Crippen LogP contribution in [0.2, 0.25) is 0 Å². The maximum absolute atomic E-state index is 14.5. The largest absolute Gasteiger partial charge is 0.494 e. The highest BCUT2D eigenvalue weighted by Gasteiger charge is 2.23. The van der Waals surface area contributed by atoms with Crippen molar-refractivity contribution < 1.29 is 34.1 Å². The Balaban J connectivity index is 1.68. The first-order valence-corrected chi connectivity index (χ1v) is 9.50. The van der Waals surface area contributed by atoms with Gasteiger partial charge in [0, 0.05) is 13.0 Å². The molecule has 2 aliphatic heterocycles. The summed E-state index contributed by atoms with van der Waals surface area (Å²) < 4.78 is 15.9. The fourth-order valence-corrected chi connectivity index (χ4v) is 3.10. The minimum absolute atomic E-state index is 0.0863. The Labute approximate surface area is 180 Å². The molecule has 11 nitrogen and oxygen atoms in total. The van der Waals surface area contributed by atoms with Gasteiger partial charge in [0.2, 0.25) is 5.88 Å². The first-order valence-electron chi connectivity index (χ1n) is 9.50. The normalized spacial score (nSPS) is 11.9. The number of carbonyl (C=O) groups excluding carboxylic acids is 1. The summed E-state index contributed by atoms with van der Waals surface area (Å²) in [6.07, 6.45) is 0.882. The molecule has 6 N–H and O–H groups in total. The standard InChI is InChI=1S/C20H20FN5O6/c21-13-7-10(5-6-26-9-23-17-12(19(26)30)8-15(22)25-17)1-2-11(13)18(29)24-14(20(31)32)3-4-16(27)28/h1-2,7-9,14,30H,3-6,22H2,(H,24,29)(H,27,28)(H,31,32)/t14-/m0/s1. The predicted octanol–water partition coefficient (Wildman–Crippen LogP) is 1.10. The van der Waals surface area contributed by atoms with E-state index in [9.17, 15) is 23.9 Å². The number of carboxylic acid groups (broad SMARTS) is 2. The van der Waals surface area contributed by atoms with Crippen LogP contribution in [-0.4, -0.2) is 53.7 Å². The number of aromatic nitrogens is 3. The number of aliphatic carboxylic acids is 2. The molecule has 0 bridgehead atoms. The summed E-state index contributed by atoms with van der Waals surface area (Å²) in [6, 6.07) is 3.87. The van der Waals surface area contributed by atoms with Gasteiger partial charge in [0.15, 0.2) is 5.82 Å². The SMILES string of the molecule is Nc1cc2c(O)n(CCc3ccc(C(=O)N[C@@H](CCC(=O)O)C(=O)O)c(F)c3)cnc-2n1. The molecule has 0 saturated carbocycles. The Kier molecular flexibility index (Phi) is 6.52. The highest BCUT2D eigenvalue weighted by atomic mass is 19.1. The molecular weight excluding hydrogens is 425 g/mol. The van der Waals surface area contributed by atoms with Gasteiger partial charge in [-0.1, -0.05) is 6.07 Å². The lowest BCUT2D eigenvalue weighted by atomic mass is 10.1. The first kappa shape index (κ1) is 22.5. The minimum Gasteiger partial charge on any atom is -0.494 e. The van der Waals surface area contributed by atoms with Crippen LogP contribution in [0.4, 0.5) is 10.2 Å². The molecule has 0 aliphatic carbocycles. The van der Waals surface area contributed by atoms with E-state index in [2.05, 4.69) is 15.3 Å². The summed E-state index contributed by atoms with van der Waals surface area (Å²) in [4.78, 5) is 42.2. The molecule has 0 spiro atoms. The zero-order valence-electron chi connectivity index (χ0n) is 16.7. The quantitative estimate of drug-likeness (QED) is 0.322. The molecule has 1 atom stereocenters. The Bertz CT molecular complexity index is 1150. The minimum atomic E-state index is -1.46. The molecule has 0 radical (unpaired) electrons. The number of nitrogen functional groups attached to an aromatic ring is 1. The average molecular weight is 445 g/mol. The lowest BCUT2D eigenvalue weighted by Gasteiger charge is -2.14. The van der Waals surface area contributed by atoms with Gasteiger partial charge in [0.25, 0.3) is 5.91 Å². The smallest absolute Gasteiger partial charge is 0.326 e. The van der Waals surface area contributed by atoms with E-state index >= 15 is 0 Å². The highest BCUT2D eigenvalue weighted by molar-refractivity contribution is 5.97. The molecule has 2 aliphatic rings. The Morgan fingerprint density at radius 1 is 1.22 bits per heavy atom. The topological polar surface area (TPSA) is 181 Å².